The maximum absolute atomic E-state index is 5.98. The predicted octanol–water partition coefficient (Wildman–Crippen LogP) is 4.66. The van der Waals surface area contributed by atoms with Crippen LogP contribution in [0.1, 0.15) is 38.6 Å². The minimum atomic E-state index is 0.447. The summed E-state index contributed by atoms with van der Waals surface area (Å²) in [6.07, 6.45) is 9.75. The number of hydrogen-bond donors (Lipinski definition) is 1. The number of aryl methyl sites for hydroxylation is 1. The van der Waals surface area contributed by atoms with Gasteiger partial charge in [0.2, 0.25) is 11.8 Å². The highest BCUT2D eigenvalue weighted by Crippen LogP contribution is 2.38. The molecule has 1 N–H and O–H groups in total. The van der Waals surface area contributed by atoms with Crippen LogP contribution < -0.4 is 5.32 Å². The zero-order valence-corrected chi connectivity index (χ0v) is 17.4. The molecule has 0 fully saturated rings. The highest BCUT2D eigenvalue weighted by atomic mass is 16.4. The van der Waals surface area contributed by atoms with E-state index in [1.165, 1.54) is 11.1 Å². The molecule has 0 spiro atoms. The zero-order valence-electron chi connectivity index (χ0n) is 17.4. The molecule has 1 aliphatic rings. The molecule has 0 bridgehead atoms. The Labute approximate surface area is 168 Å². The number of hydrogen-bond acceptors (Lipinski definition) is 4. The number of terminal acetylenes is 1. The van der Waals surface area contributed by atoms with E-state index < -0.39 is 0 Å². The third-order valence-electron chi connectivity index (χ3n) is 5.88. The van der Waals surface area contributed by atoms with Crippen LogP contribution >= 0.6 is 0 Å². The summed E-state index contributed by atoms with van der Waals surface area (Å²) in [5.41, 5.74) is 3.61. The van der Waals surface area contributed by atoms with E-state index in [1.54, 1.807) is 0 Å². The summed E-state index contributed by atoms with van der Waals surface area (Å²) in [7, 11) is 0. The second-order valence-corrected chi connectivity index (χ2v) is 8.32. The molecule has 0 radical (unpaired) electrons. The Morgan fingerprint density at radius 2 is 1.96 bits per heavy atom. The third-order valence-corrected chi connectivity index (χ3v) is 5.88. The van der Waals surface area contributed by atoms with Crippen molar-refractivity contribution in [3.05, 3.63) is 47.4 Å². The molecule has 1 aliphatic carbocycles. The first kappa shape index (κ1) is 20.4. The molecule has 3 atom stereocenters. The maximum atomic E-state index is 5.98. The number of aromatic nitrogens is 2. The van der Waals surface area contributed by atoms with E-state index in [-0.39, 0.29) is 0 Å². The van der Waals surface area contributed by atoms with Crippen molar-refractivity contribution in [1.82, 2.24) is 15.5 Å². The smallest absolute Gasteiger partial charge is 0.247 e. The van der Waals surface area contributed by atoms with Gasteiger partial charge in [-0.1, -0.05) is 49.1 Å². The van der Waals surface area contributed by atoms with Gasteiger partial charge in [-0.15, -0.1) is 16.6 Å². The number of nitrogens with one attached hydrogen (secondary N) is 1. The second kappa shape index (κ2) is 9.21. The quantitative estimate of drug-likeness (QED) is 0.433. The van der Waals surface area contributed by atoms with Crippen molar-refractivity contribution < 1.29 is 4.42 Å². The van der Waals surface area contributed by atoms with E-state index in [0.717, 1.165) is 30.8 Å². The van der Waals surface area contributed by atoms with E-state index in [2.05, 4.69) is 67.3 Å². The lowest BCUT2D eigenvalue weighted by Gasteiger charge is -2.37. The Hall–Kier alpha value is -2.38. The molecule has 3 rings (SSSR count). The summed E-state index contributed by atoms with van der Waals surface area (Å²) >= 11 is 0. The van der Waals surface area contributed by atoms with Crippen molar-refractivity contribution in [3.63, 3.8) is 0 Å². The first-order chi connectivity index (χ1) is 13.5. The largest absolute Gasteiger partial charge is 0.421 e. The van der Waals surface area contributed by atoms with Gasteiger partial charge in [0.25, 0.3) is 0 Å². The molecule has 0 aliphatic heterocycles. The fraction of sp³-hybridized carbons (Fsp3) is 0.500. The van der Waals surface area contributed by atoms with Gasteiger partial charge in [-0.05, 0) is 56.1 Å². The number of allylic oxidation sites excluding steroid dienone is 1. The van der Waals surface area contributed by atoms with Gasteiger partial charge in [-0.2, -0.15) is 0 Å². The van der Waals surface area contributed by atoms with Crippen molar-refractivity contribution in [2.45, 2.75) is 40.5 Å². The van der Waals surface area contributed by atoms with Gasteiger partial charge in [0.05, 0.1) is 6.54 Å². The first-order valence-corrected chi connectivity index (χ1v) is 10.2. The van der Waals surface area contributed by atoms with Crippen molar-refractivity contribution in [1.29, 1.82) is 0 Å². The SMILES string of the molecule is C#CCNCC1C=C(C)C(Cc2nnc(-c3ccc(C)cc3)o2)CC1C(C)C. The molecule has 4 nitrogen and oxygen atoms in total. The molecule has 0 saturated carbocycles. The van der Waals surface area contributed by atoms with Gasteiger partial charge in [-0.25, -0.2) is 0 Å². The Kier molecular flexibility index (Phi) is 6.70. The Bertz CT molecular complexity index is 841. The molecular formula is C24H31N3O. The van der Waals surface area contributed by atoms with Crippen LogP contribution in [0.3, 0.4) is 0 Å². The molecular weight excluding hydrogens is 346 g/mol. The molecule has 0 saturated heterocycles. The molecule has 0 amide bonds. The van der Waals surface area contributed by atoms with E-state index >= 15 is 0 Å². The van der Waals surface area contributed by atoms with E-state index in [4.69, 9.17) is 10.8 Å². The van der Waals surface area contributed by atoms with Crippen molar-refractivity contribution in [2.75, 3.05) is 13.1 Å². The van der Waals surface area contributed by atoms with Gasteiger partial charge in [0.1, 0.15) is 0 Å². The van der Waals surface area contributed by atoms with Crippen molar-refractivity contribution in [2.24, 2.45) is 23.7 Å². The lowest BCUT2D eigenvalue weighted by atomic mass is 9.70. The number of rotatable bonds is 7. The fourth-order valence-electron chi connectivity index (χ4n) is 4.18. The van der Waals surface area contributed by atoms with Gasteiger partial charge in [-0.3, -0.25) is 0 Å². The molecule has 148 valence electrons. The van der Waals surface area contributed by atoms with Crippen molar-refractivity contribution in [3.8, 4) is 23.8 Å². The lowest BCUT2D eigenvalue weighted by molar-refractivity contribution is 0.220. The second-order valence-electron chi connectivity index (χ2n) is 8.32. The normalized spacial score (nSPS) is 22.1. The monoisotopic (exact) mass is 377 g/mol. The van der Waals surface area contributed by atoms with E-state index in [0.29, 0.717) is 36.1 Å². The molecule has 28 heavy (non-hydrogen) atoms. The summed E-state index contributed by atoms with van der Waals surface area (Å²) in [5, 5.41) is 12.0. The van der Waals surface area contributed by atoms with Crippen LogP contribution in [0.15, 0.2) is 40.3 Å². The van der Waals surface area contributed by atoms with Crippen molar-refractivity contribution >= 4 is 0 Å². The van der Waals surface area contributed by atoms with E-state index in [9.17, 15) is 0 Å². The standard InChI is InChI=1S/C24H31N3O/c1-6-11-25-15-21-12-18(5)20(13-22(21)16(2)3)14-23-26-27-24(28-23)19-9-7-17(4)8-10-19/h1,7-10,12,16,20-22,25H,11,13-15H2,2-5H3. The molecule has 1 heterocycles. The highest BCUT2D eigenvalue weighted by Gasteiger charge is 2.32. The first-order valence-electron chi connectivity index (χ1n) is 10.2. The Morgan fingerprint density at radius 1 is 1.21 bits per heavy atom. The van der Waals surface area contributed by atoms with Gasteiger partial charge in [0.15, 0.2) is 0 Å². The van der Waals surface area contributed by atoms with Crippen LogP contribution in [-0.4, -0.2) is 23.3 Å². The van der Waals surface area contributed by atoms with Crippen LogP contribution in [0.25, 0.3) is 11.5 Å². The third kappa shape index (κ3) is 4.91. The molecule has 3 unspecified atom stereocenters. The van der Waals surface area contributed by atoms with E-state index in [1.807, 2.05) is 12.1 Å². The Morgan fingerprint density at radius 3 is 2.64 bits per heavy atom. The van der Waals surface area contributed by atoms with Crippen LogP contribution in [0.4, 0.5) is 0 Å². The summed E-state index contributed by atoms with van der Waals surface area (Å²) in [5.74, 6) is 6.20. The molecule has 1 aromatic carbocycles. The lowest BCUT2D eigenvalue weighted by Crippen LogP contribution is -2.35. The van der Waals surface area contributed by atoms with Gasteiger partial charge in [0, 0.05) is 18.5 Å². The molecule has 2 aromatic rings. The maximum Gasteiger partial charge on any atom is 0.247 e. The summed E-state index contributed by atoms with van der Waals surface area (Å²) in [4.78, 5) is 0. The summed E-state index contributed by atoms with van der Waals surface area (Å²) < 4.78 is 5.98. The predicted molar refractivity (Wildman–Crippen MR) is 114 cm³/mol. The van der Waals surface area contributed by atoms with Crippen LogP contribution in [0.2, 0.25) is 0 Å². The summed E-state index contributed by atoms with van der Waals surface area (Å²) in [6.45, 7) is 10.5. The molecule has 1 aromatic heterocycles. The zero-order chi connectivity index (χ0) is 20.1. The molecule has 4 heteroatoms. The van der Waals surface area contributed by atoms with Gasteiger partial charge < -0.3 is 9.73 Å². The minimum absolute atomic E-state index is 0.447. The van der Waals surface area contributed by atoms with Crippen LogP contribution in [-0.2, 0) is 6.42 Å². The topological polar surface area (TPSA) is 51.0 Å². The van der Waals surface area contributed by atoms with Crippen LogP contribution in [0.5, 0.6) is 0 Å². The number of nitrogens with zero attached hydrogens (tertiary/aromatic N) is 2. The Balaban J connectivity index is 1.71. The van der Waals surface area contributed by atoms with Crippen LogP contribution in [0, 0.1) is 42.9 Å². The highest BCUT2D eigenvalue weighted by molar-refractivity contribution is 5.52. The summed E-state index contributed by atoms with van der Waals surface area (Å²) in [6, 6.07) is 8.19. The minimum Gasteiger partial charge on any atom is -0.421 e. The average molecular weight is 378 g/mol. The fourth-order valence-corrected chi connectivity index (χ4v) is 4.18. The number of benzene rings is 1. The average Bonchev–Trinajstić information content (AvgIpc) is 3.13. The van der Waals surface area contributed by atoms with Gasteiger partial charge >= 0.3 is 0 Å².